The number of rotatable bonds is 10. The van der Waals surface area contributed by atoms with Gasteiger partial charge in [-0.1, -0.05) is 29.5 Å². The van der Waals surface area contributed by atoms with Crippen molar-refractivity contribution in [1.82, 2.24) is 30.7 Å². The van der Waals surface area contributed by atoms with E-state index in [9.17, 15) is 4.79 Å². The van der Waals surface area contributed by atoms with Crippen molar-refractivity contribution in [3.8, 4) is 17.3 Å². The Balaban J connectivity index is 1.61. The zero-order chi connectivity index (χ0) is 25.5. The van der Waals surface area contributed by atoms with Crippen molar-refractivity contribution >= 4 is 23.6 Å². The fraction of sp³-hybridized carbons (Fsp3) is 0.217. The number of amides is 1. The van der Waals surface area contributed by atoms with E-state index in [2.05, 4.69) is 31.2 Å². The van der Waals surface area contributed by atoms with Crippen LogP contribution in [0.5, 0.6) is 11.5 Å². The van der Waals surface area contributed by atoms with Gasteiger partial charge in [0.05, 0.1) is 32.2 Å². The fourth-order valence-corrected chi connectivity index (χ4v) is 3.43. The van der Waals surface area contributed by atoms with E-state index in [1.54, 1.807) is 25.3 Å². The molecule has 1 amide bonds. The van der Waals surface area contributed by atoms with Gasteiger partial charge in [-0.3, -0.25) is 4.79 Å². The number of nitrogens with one attached hydrogen (secondary N) is 1. The van der Waals surface area contributed by atoms with Gasteiger partial charge in [0.2, 0.25) is 11.6 Å². The molecular weight excluding hydrogens is 466 g/mol. The molecule has 2 aromatic carbocycles. The molecule has 0 aliphatic carbocycles. The molecule has 0 bridgehead atoms. The van der Waals surface area contributed by atoms with Crippen molar-refractivity contribution in [3.05, 3.63) is 65.5 Å². The smallest absolute Gasteiger partial charge is 0.293 e. The third kappa shape index (κ3) is 5.09. The molecule has 2 heterocycles. The molecular formula is C23H25N9O4. The minimum Gasteiger partial charge on any atom is -0.493 e. The van der Waals surface area contributed by atoms with Crippen molar-refractivity contribution in [2.75, 3.05) is 31.4 Å². The number of ether oxygens (including phenoxy) is 2. The summed E-state index contributed by atoms with van der Waals surface area (Å²) in [5, 5.41) is 19.6. The minimum atomic E-state index is -0.579. The topological polar surface area (TPSA) is 159 Å². The number of carbonyl (C=O) groups excluding carboxylic acids is 1. The predicted octanol–water partition coefficient (Wildman–Crippen LogP) is 2.04. The number of anilines is 2. The summed E-state index contributed by atoms with van der Waals surface area (Å²) >= 11 is 0. The second-order valence-corrected chi connectivity index (χ2v) is 7.47. The van der Waals surface area contributed by atoms with E-state index in [1.807, 2.05) is 49.2 Å². The van der Waals surface area contributed by atoms with E-state index < -0.39 is 5.91 Å². The van der Waals surface area contributed by atoms with E-state index >= 15 is 0 Å². The van der Waals surface area contributed by atoms with Crippen LogP contribution in [0.2, 0.25) is 0 Å². The number of nitrogens with two attached hydrogens (primary N) is 1. The minimum absolute atomic E-state index is 0.00923. The van der Waals surface area contributed by atoms with E-state index in [1.165, 1.54) is 10.9 Å². The van der Waals surface area contributed by atoms with Gasteiger partial charge in [0.25, 0.3) is 5.91 Å². The monoisotopic (exact) mass is 491 g/mol. The number of hydrogen-bond acceptors (Lipinski definition) is 11. The summed E-state index contributed by atoms with van der Waals surface area (Å²) < 4.78 is 17.0. The van der Waals surface area contributed by atoms with Crippen molar-refractivity contribution in [2.24, 2.45) is 5.10 Å². The lowest BCUT2D eigenvalue weighted by Gasteiger charge is -2.19. The van der Waals surface area contributed by atoms with Crippen molar-refractivity contribution < 1.29 is 18.9 Å². The molecule has 3 N–H and O–H groups in total. The summed E-state index contributed by atoms with van der Waals surface area (Å²) in [6.07, 6.45) is 1.46. The van der Waals surface area contributed by atoms with Crippen LogP contribution in [0.4, 0.5) is 11.5 Å². The van der Waals surface area contributed by atoms with Crippen molar-refractivity contribution in [3.63, 3.8) is 0 Å². The molecule has 4 rings (SSSR count). The Morgan fingerprint density at radius 2 is 2.03 bits per heavy atom. The third-order valence-corrected chi connectivity index (χ3v) is 5.15. The number of methoxy groups -OCH3 is 1. The molecule has 0 radical (unpaired) electrons. The maximum absolute atomic E-state index is 13.1. The van der Waals surface area contributed by atoms with Crippen LogP contribution in [0.3, 0.4) is 0 Å². The molecule has 0 atom stereocenters. The van der Waals surface area contributed by atoms with Crippen LogP contribution in [-0.4, -0.2) is 58.2 Å². The highest BCUT2D eigenvalue weighted by molar-refractivity contribution is 5.94. The SMILES string of the molecule is CCOc1c(C=NNC(=O)c2nnn(-c3nonc3N)c2CN(C)c2ccccc2)cccc1OC. The highest BCUT2D eigenvalue weighted by Gasteiger charge is 2.25. The molecule has 13 heteroatoms. The van der Waals surface area contributed by atoms with E-state index in [0.717, 1.165) is 5.69 Å². The summed E-state index contributed by atoms with van der Waals surface area (Å²) in [7, 11) is 3.42. The zero-order valence-corrected chi connectivity index (χ0v) is 20.0. The maximum atomic E-state index is 13.1. The molecule has 36 heavy (non-hydrogen) atoms. The lowest BCUT2D eigenvalue weighted by Crippen LogP contribution is -2.24. The molecule has 186 valence electrons. The average Bonchev–Trinajstić information content (AvgIpc) is 3.51. The highest BCUT2D eigenvalue weighted by atomic mass is 16.6. The Morgan fingerprint density at radius 1 is 1.22 bits per heavy atom. The summed E-state index contributed by atoms with van der Waals surface area (Å²) in [4.78, 5) is 15.0. The van der Waals surface area contributed by atoms with Gasteiger partial charge in [-0.15, -0.1) is 5.10 Å². The second-order valence-electron chi connectivity index (χ2n) is 7.47. The van der Waals surface area contributed by atoms with Crippen LogP contribution >= 0.6 is 0 Å². The second kappa shape index (κ2) is 11.0. The molecule has 0 saturated carbocycles. The maximum Gasteiger partial charge on any atom is 0.293 e. The molecule has 13 nitrogen and oxygen atoms in total. The predicted molar refractivity (Wildman–Crippen MR) is 131 cm³/mol. The van der Waals surface area contributed by atoms with Crippen LogP contribution in [0, 0.1) is 0 Å². The number of carbonyl (C=O) groups is 1. The fourth-order valence-electron chi connectivity index (χ4n) is 3.43. The molecule has 4 aromatic rings. The third-order valence-electron chi connectivity index (χ3n) is 5.15. The summed E-state index contributed by atoms with van der Waals surface area (Å²) in [5.41, 5.74) is 10.3. The molecule has 0 spiro atoms. The van der Waals surface area contributed by atoms with E-state index in [4.69, 9.17) is 19.8 Å². The zero-order valence-electron chi connectivity index (χ0n) is 20.0. The number of benzene rings is 2. The van der Waals surface area contributed by atoms with Gasteiger partial charge in [-0.05, 0) is 41.5 Å². The highest BCUT2D eigenvalue weighted by Crippen LogP contribution is 2.30. The van der Waals surface area contributed by atoms with Crippen molar-refractivity contribution in [1.29, 1.82) is 0 Å². The first-order valence-corrected chi connectivity index (χ1v) is 11.0. The first-order chi connectivity index (χ1) is 17.5. The number of nitrogen functional groups attached to an aromatic ring is 1. The van der Waals surface area contributed by atoms with Crippen molar-refractivity contribution in [2.45, 2.75) is 13.5 Å². The van der Waals surface area contributed by atoms with Gasteiger partial charge >= 0.3 is 0 Å². The van der Waals surface area contributed by atoms with Gasteiger partial charge in [0, 0.05) is 18.3 Å². The van der Waals surface area contributed by atoms with Gasteiger partial charge in [0.15, 0.2) is 17.2 Å². The molecule has 0 saturated heterocycles. The Morgan fingerprint density at radius 3 is 2.72 bits per heavy atom. The van der Waals surface area contributed by atoms with E-state index in [0.29, 0.717) is 29.4 Å². The summed E-state index contributed by atoms with van der Waals surface area (Å²) in [6.45, 7) is 2.55. The number of hydrazone groups is 1. The summed E-state index contributed by atoms with van der Waals surface area (Å²) in [5.74, 6) is 0.629. The number of hydrogen-bond donors (Lipinski definition) is 2. The molecule has 0 aliphatic rings. The Bertz CT molecular complexity index is 1350. The quantitative estimate of drug-likeness (QED) is 0.248. The van der Waals surface area contributed by atoms with Crippen LogP contribution in [0.15, 0.2) is 58.3 Å². The van der Waals surface area contributed by atoms with Gasteiger partial charge in [-0.25, -0.2) is 10.1 Å². The molecule has 0 unspecified atom stereocenters. The Kier molecular flexibility index (Phi) is 7.39. The van der Waals surface area contributed by atoms with Crippen LogP contribution in [-0.2, 0) is 6.54 Å². The van der Waals surface area contributed by atoms with Gasteiger partial charge < -0.3 is 20.1 Å². The molecule has 2 aromatic heterocycles. The largest absolute Gasteiger partial charge is 0.493 e. The first kappa shape index (κ1) is 24.2. The van der Waals surface area contributed by atoms with Crippen LogP contribution in [0.25, 0.3) is 5.82 Å². The Hall–Kier alpha value is -4.94. The van der Waals surface area contributed by atoms with E-state index in [-0.39, 0.29) is 23.9 Å². The van der Waals surface area contributed by atoms with Gasteiger partial charge in [0.1, 0.15) is 0 Å². The molecule has 0 aliphatic heterocycles. The average molecular weight is 492 g/mol. The standard InChI is InChI=1S/C23H25N9O4/c1-4-35-20-15(9-8-12-18(20)34-3)13-25-27-23(33)19-17(14-31(2)16-10-6-5-7-11-16)32(30-26-19)22-21(24)28-36-29-22/h5-13H,4,14H2,1-3H3,(H2,24,28)(H,27,33). The van der Waals surface area contributed by atoms with Gasteiger partial charge in [-0.2, -0.15) is 9.78 Å². The Labute approximate surface area is 206 Å². The first-order valence-electron chi connectivity index (χ1n) is 11.0. The lowest BCUT2D eigenvalue weighted by atomic mass is 10.2. The number of para-hydroxylation sites is 2. The normalized spacial score (nSPS) is 11.0. The molecule has 0 fully saturated rings. The number of aromatic nitrogens is 5. The van der Waals surface area contributed by atoms with Crippen LogP contribution < -0.4 is 25.5 Å². The lowest BCUT2D eigenvalue weighted by molar-refractivity contribution is 0.0949. The number of nitrogens with zero attached hydrogens (tertiary/aromatic N) is 7. The van der Waals surface area contributed by atoms with Crippen LogP contribution in [0.1, 0.15) is 28.7 Å². The summed E-state index contributed by atoms with van der Waals surface area (Å²) in [6, 6.07) is 15.0.